The van der Waals surface area contributed by atoms with Gasteiger partial charge in [-0.15, -0.1) is 0 Å². The van der Waals surface area contributed by atoms with Crippen molar-refractivity contribution in [3.63, 3.8) is 0 Å². The van der Waals surface area contributed by atoms with Crippen LogP contribution in [0.4, 0.5) is 4.39 Å². The Balaban J connectivity index is 1.95. The molecule has 0 radical (unpaired) electrons. The van der Waals surface area contributed by atoms with Crippen molar-refractivity contribution in [2.45, 2.75) is 55.5 Å². The summed E-state index contributed by atoms with van der Waals surface area (Å²) < 4.78 is 46.2. The van der Waals surface area contributed by atoms with Crippen LogP contribution in [0, 0.1) is 11.7 Å². The third kappa shape index (κ3) is 3.70. The lowest BCUT2D eigenvalue weighted by Crippen LogP contribution is -2.46. The van der Waals surface area contributed by atoms with Crippen LogP contribution >= 0.6 is 0 Å². The van der Waals surface area contributed by atoms with E-state index in [-0.39, 0.29) is 35.3 Å². The van der Waals surface area contributed by atoms with Gasteiger partial charge >= 0.3 is 11.9 Å². The topological polar surface area (TPSA) is 101 Å². The Hall–Kier alpha value is -2.00. The van der Waals surface area contributed by atoms with Gasteiger partial charge in [-0.3, -0.25) is 9.59 Å². The van der Waals surface area contributed by atoms with E-state index < -0.39 is 33.8 Å². The van der Waals surface area contributed by atoms with Crippen molar-refractivity contribution in [2.75, 3.05) is 7.11 Å². The molecular weight excluding hydrogens is 377 g/mol. The molecule has 1 heterocycles. The summed E-state index contributed by atoms with van der Waals surface area (Å²) >= 11 is 0. The maximum absolute atomic E-state index is 14.3. The van der Waals surface area contributed by atoms with E-state index >= 15 is 0 Å². The second-order valence-electron chi connectivity index (χ2n) is 7.04. The minimum atomic E-state index is -4.18. The first-order valence-electron chi connectivity index (χ1n) is 8.87. The number of sulfonamides is 1. The fourth-order valence-corrected chi connectivity index (χ4v) is 6.04. The molecular formula is C18H22FNO6S. The second-order valence-corrected chi connectivity index (χ2v) is 8.89. The first kappa shape index (κ1) is 19.8. The largest absolute Gasteiger partial charge is 0.480 e. The molecule has 1 aromatic rings. The second kappa shape index (κ2) is 7.55. The molecule has 1 aliphatic heterocycles. The minimum absolute atomic E-state index is 0.0121. The highest BCUT2D eigenvalue weighted by molar-refractivity contribution is 7.89. The summed E-state index contributed by atoms with van der Waals surface area (Å²) in [7, 11) is -3.00. The van der Waals surface area contributed by atoms with Crippen molar-refractivity contribution in [1.29, 1.82) is 0 Å². The van der Waals surface area contributed by atoms with Gasteiger partial charge in [-0.05, 0) is 42.9 Å². The Kier molecular flexibility index (Phi) is 5.53. The number of carbonyl (C=O) groups excluding carboxylic acids is 1. The number of halogens is 1. The van der Waals surface area contributed by atoms with Gasteiger partial charge in [0.1, 0.15) is 11.9 Å². The summed E-state index contributed by atoms with van der Waals surface area (Å²) in [6, 6.07) is 1.78. The van der Waals surface area contributed by atoms with Gasteiger partial charge in [-0.2, -0.15) is 4.31 Å². The fourth-order valence-electron chi connectivity index (χ4n) is 4.16. The first-order valence-corrected chi connectivity index (χ1v) is 10.3. The van der Waals surface area contributed by atoms with E-state index in [4.69, 9.17) is 0 Å². The molecule has 0 amide bonds. The maximum atomic E-state index is 14.3. The van der Waals surface area contributed by atoms with Crippen LogP contribution in [0.25, 0.3) is 0 Å². The molecule has 27 heavy (non-hydrogen) atoms. The van der Waals surface area contributed by atoms with Crippen LogP contribution in [0.1, 0.15) is 37.7 Å². The summed E-state index contributed by atoms with van der Waals surface area (Å²) in [5.41, 5.74) is 0.0209. The molecule has 9 heteroatoms. The van der Waals surface area contributed by atoms with Crippen molar-refractivity contribution in [1.82, 2.24) is 4.31 Å². The Morgan fingerprint density at radius 1 is 1.30 bits per heavy atom. The maximum Gasteiger partial charge on any atom is 0.322 e. The average Bonchev–Trinajstić information content (AvgIpc) is 3.03. The number of carboxylic acid groups (broad SMARTS) is 1. The van der Waals surface area contributed by atoms with Crippen molar-refractivity contribution < 1.29 is 32.2 Å². The van der Waals surface area contributed by atoms with Crippen molar-refractivity contribution >= 4 is 22.0 Å². The Morgan fingerprint density at radius 2 is 2.00 bits per heavy atom. The highest BCUT2D eigenvalue weighted by Gasteiger charge is 2.51. The van der Waals surface area contributed by atoms with Crippen LogP contribution in [0.5, 0.6) is 0 Å². The summed E-state index contributed by atoms with van der Waals surface area (Å²) in [4.78, 5) is 22.7. The normalized spacial score (nSPS) is 25.8. The number of methoxy groups -OCH3 is 1. The molecule has 3 rings (SSSR count). The zero-order chi connectivity index (χ0) is 19.8. The molecule has 0 aromatic heterocycles. The molecule has 7 nitrogen and oxygen atoms in total. The van der Waals surface area contributed by atoms with E-state index in [1.807, 2.05) is 0 Å². The first-order chi connectivity index (χ1) is 12.8. The highest BCUT2D eigenvalue weighted by Crippen LogP contribution is 2.42. The molecule has 3 atom stereocenters. The lowest BCUT2D eigenvalue weighted by Gasteiger charge is -2.32. The molecule has 1 aliphatic carbocycles. The molecule has 0 spiro atoms. The predicted molar refractivity (Wildman–Crippen MR) is 92.9 cm³/mol. The number of nitrogens with zero attached hydrogens (tertiary/aromatic N) is 1. The zero-order valence-electron chi connectivity index (χ0n) is 14.9. The van der Waals surface area contributed by atoms with Gasteiger partial charge in [0.25, 0.3) is 0 Å². The zero-order valence-corrected chi connectivity index (χ0v) is 15.7. The quantitative estimate of drug-likeness (QED) is 0.760. The number of esters is 1. The van der Waals surface area contributed by atoms with E-state index in [1.54, 1.807) is 0 Å². The molecule has 2 aliphatic rings. The molecule has 1 saturated heterocycles. The molecule has 1 saturated carbocycles. The molecule has 2 fully saturated rings. The van der Waals surface area contributed by atoms with Crippen molar-refractivity contribution in [2.24, 2.45) is 5.92 Å². The summed E-state index contributed by atoms with van der Waals surface area (Å²) in [5, 5.41) is 9.53. The number of carboxylic acids is 1. The van der Waals surface area contributed by atoms with Gasteiger partial charge in [0.15, 0.2) is 0 Å². The molecule has 1 aromatic carbocycles. The number of fused-ring (bicyclic) bond motifs is 1. The summed E-state index contributed by atoms with van der Waals surface area (Å²) in [6.07, 6.45) is 3.17. The number of aliphatic carboxylic acids is 1. The van der Waals surface area contributed by atoms with Gasteiger partial charge < -0.3 is 9.84 Å². The number of benzene rings is 1. The number of rotatable bonds is 5. The van der Waals surface area contributed by atoms with E-state index in [0.29, 0.717) is 6.42 Å². The summed E-state index contributed by atoms with van der Waals surface area (Å²) in [5.74, 6) is -2.65. The number of hydrogen-bond donors (Lipinski definition) is 1. The van der Waals surface area contributed by atoms with Crippen LogP contribution in [0.2, 0.25) is 0 Å². The van der Waals surface area contributed by atoms with Crippen LogP contribution in [-0.4, -0.2) is 49.0 Å². The van der Waals surface area contributed by atoms with Crippen LogP contribution in [0.3, 0.4) is 0 Å². The van der Waals surface area contributed by atoms with Crippen molar-refractivity contribution in [3.05, 3.63) is 29.6 Å². The van der Waals surface area contributed by atoms with Crippen LogP contribution in [0.15, 0.2) is 23.1 Å². The monoisotopic (exact) mass is 399 g/mol. The van der Waals surface area contributed by atoms with E-state index in [2.05, 4.69) is 4.74 Å². The molecule has 3 unspecified atom stereocenters. The van der Waals surface area contributed by atoms with Gasteiger partial charge in [0.05, 0.1) is 18.4 Å². The molecule has 148 valence electrons. The third-order valence-corrected chi connectivity index (χ3v) is 7.41. The predicted octanol–water partition coefficient (Wildman–Crippen LogP) is 1.95. The minimum Gasteiger partial charge on any atom is -0.480 e. The van der Waals surface area contributed by atoms with Crippen molar-refractivity contribution in [3.8, 4) is 0 Å². The number of hydrogen-bond acceptors (Lipinski definition) is 5. The molecule has 1 N–H and O–H groups in total. The smallest absolute Gasteiger partial charge is 0.322 e. The van der Waals surface area contributed by atoms with Crippen LogP contribution in [-0.2, 0) is 30.8 Å². The van der Waals surface area contributed by atoms with Gasteiger partial charge in [-0.1, -0.05) is 18.9 Å². The lowest BCUT2D eigenvalue weighted by molar-refractivity contribution is -0.141. The van der Waals surface area contributed by atoms with Gasteiger partial charge in [0.2, 0.25) is 10.0 Å². The standard InChI is InChI=1S/C18H22FNO6S/c1-26-17(21)9-11-6-7-13(10-14(11)19)27(24,25)20-15-5-3-2-4-12(15)8-16(20)18(22)23/h6-7,10,12,15-16H,2-5,8-9H2,1H3,(H,22,23). The fraction of sp³-hybridized carbons (Fsp3) is 0.556. The highest BCUT2D eigenvalue weighted by atomic mass is 32.2. The van der Waals surface area contributed by atoms with E-state index in [0.717, 1.165) is 29.6 Å². The lowest BCUT2D eigenvalue weighted by atomic mass is 9.85. The summed E-state index contributed by atoms with van der Waals surface area (Å²) in [6.45, 7) is 0. The van der Waals surface area contributed by atoms with E-state index in [9.17, 15) is 27.5 Å². The van der Waals surface area contributed by atoms with Crippen LogP contribution < -0.4 is 0 Å². The Labute approximate surface area is 157 Å². The Morgan fingerprint density at radius 3 is 2.63 bits per heavy atom. The number of carbonyl (C=O) groups is 2. The molecule has 0 bridgehead atoms. The number of ether oxygens (including phenoxy) is 1. The van der Waals surface area contributed by atoms with E-state index in [1.165, 1.54) is 19.2 Å². The van der Waals surface area contributed by atoms with Gasteiger partial charge in [0, 0.05) is 6.04 Å². The van der Waals surface area contributed by atoms with Gasteiger partial charge in [-0.25, -0.2) is 12.8 Å². The SMILES string of the molecule is COC(=O)Cc1ccc(S(=O)(=O)N2C(C(=O)O)CC3CCCCC32)cc1F. The average molecular weight is 399 g/mol. The third-order valence-electron chi connectivity index (χ3n) is 5.48. The Bertz CT molecular complexity index is 855.